The van der Waals surface area contributed by atoms with Gasteiger partial charge in [0.1, 0.15) is 12.3 Å². The predicted molar refractivity (Wildman–Crippen MR) is 68.6 cm³/mol. The quantitative estimate of drug-likeness (QED) is 0.458. The van der Waals surface area contributed by atoms with Gasteiger partial charge in [0.05, 0.1) is 7.11 Å². The third-order valence-electron chi connectivity index (χ3n) is 2.22. The van der Waals surface area contributed by atoms with Gasteiger partial charge in [-0.25, -0.2) is 9.79 Å². The van der Waals surface area contributed by atoms with E-state index < -0.39 is 5.97 Å². The van der Waals surface area contributed by atoms with Crippen molar-refractivity contribution in [3.63, 3.8) is 0 Å². The highest BCUT2D eigenvalue weighted by Crippen LogP contribution is 2.10. The van der Waals surface area contributed by atoms with Crippen LogP contribution in [0.5, 0.6) is 0 Å². The molecule has 1 rings (SSSR count). The highest BCUT2D eigenvalue weighted by molar-refractivity contribution is 5.86. The second kappa shape index (κ2) is 6.09. The van der Waals surface area contributed by atoms with E-state index in [1.54, 1.807) is 12.1 Å². The van der Waals surface area contributed by atoms with Crippen LogP contribution < -0.4 is 0 Å². The van der Waals surface area contributed by atoms with E-state index in [9.17, 15) is 4.79 Å². The summed E-state index contributed by atoms with van der Waals surface area (Å²) in [7, 11) is 8.99. The number of guanidine groups is 1. The lowest BCUT2D eigenvalue weighted by atomic mass is 10.4. The summed E-state index contributed by atoms with van der Waals surface area (Å²) in [5.74, 6) is 1.16. The maximum absolute atomic E-state index is 11.2. The van der Waals surface area contributed by atoms with Crippen LogP contribution in [0.25, 0.3) is 0 Å². The summed E-state index contributed by atoms with van der Waals surface area (Å²) in [5.41, 5.74) is 0. The molecule has 0 radical (unpaired) electrons. The molecule has 1 heterocycles. The summed E-state index contributed by atoms with van der Waals surface area (Å²) >= 11 is 0. The summed E-state index contributed by atoms with van der Waals surface area (Å²) in [6.07, 6.45) is 0. The number of ether oxygens (including phenoxy) is 1. The summed E-state index contributed by atoms with van der Waals surface area (Å²) < 4.78 is 9.89. The maximum atomic E-state index is 11.2. The minimum Gasteiger partial charge on any atom is -0.463 e. The van der Waals surface area contributed by atoms with E-state index in [4.69, 9.17) is 4.42 Å². The summed E-state index contributed by atoms with van der Waals surface area (Å²) in [6, 6.07) is 3.31. The lowest BCUT2D eigenvalue weighted by molar-refractivity contribution is 0.0563. The van der Waals surface area contributed by atoms with Gasteiger partial charge in [-0.2, -0.15) is 0 Å². The van der Waals surface area contributed by atoms with E-state index in [1.807, 2.05) is 38.0 Å². The largest absolute Gasteiger partial charge is 0.463 e. The molecule has 0 aromatic carbocycles. The van der Waals surface area contributed by atoms with Crippen LogP contribution >= 0.6 is 0 Å². The Labute approximate surface area is 107 Å². The summed E-state index contributed by atoms with van der Waals surface area (Å²) in [4.78, 5) is 19.4. The smallest absolute Gasteiger partial charge is 0.373 e. The third kappa shape index (κ3) is 3.51. The van der Waals surface area contributed by atoms with Crippen LogP contribution in [0.15, 0.2) is 21.5 Å². The first-order valence-electron chi connectivity index (χ1n) is 5.51. The molecule has 6 nitrogen and oxygen atoms in total. The number of nitrogens with zero attached hydrogens (tertiary/aromatic N) is 3. The van der Waals surface area contributed by atoms with E-state index in [0.717, 1.165) is 5.96 Å². The van der Waals surface area contributed by atoms with Gasteiger partial charge >= 0.3 is 5.97 Å². The number of methoxy groups -OCH3 is 1. The molecule has 0 fully saturated rings. The first kappa shape index (κ1) is 14.1. The second-order valence-corrected chi connectivity index (χ2v) is 4.16. The van der Waals surface area contributed by atoms with Crippen molar-refractivity contribution < 1.29 is 13.9 Å². The number of hydrogen-bond acceptors (Lipinski definition) is 4. The van der Waals surface area contributed by atoms with E-state index >= 15 is 0 Å². The lowest BCUT2D eigenvalue weighted by Gasteiger charge is -2.22. The fourth-order valence-electron chi connectivity index (χ4n) is 1.50. The normalized spacial score (nSPS) is 9.83. The van der Waals surface area contributed by atoms with Crippen LogP contribution in [0.4, 0.5) is 0 Å². The molecule has 0 saturated carbocycles. The average Bonchev–Trinajstić information content (AvgIpc) is 2.76. The Morgan fingerprint density at radius 1 is 1.28 bits per heavy atom. The van der Waals surface area contributed by atoms with Crippen molar-refractivity contribution >= 4 is 11.9 Å². The minimum absolute atomic E-state index is 0.193. The fourth-order valence-corrected chi connectivity index (χ4v) is 1.50. The Morgan fingerprint density at radius 3 is 2.39 bits per heavy atom. The Morgan fingerprint density at radius 2 is 1.89 bits per heavy atom. The van der Waals surface area contributed by atoms with Gasteiger partial charge in [0, 0.05) is 28.2 Å². The monoisotopic (exact) mass is 253 g/mol. The SMILES string of the molecule is COC(=O)c1ccc(CN=C(N(C)C)N(C)C)o1. The molecule has 0 saturated heterocycles. The zero-order chi connectivity index (χ0) is 13.7. The molecule has 6 heteroatoms. The number of furan rings is 1. The molecular weight excluding hydrogens is 234 g/mol. The molecule has 18 heavy (non-hydrogen) atoms. The van der Waals surface area contributed by atoms with Crippen molar-refractivity contribution in [2.75, 3.05) is 35.3 Å². The molecular formula is C12H19N3O3. The van der Waals surface area contributed by atoms with Crippen molar-refractivity contribution in [2.45, 2.75) is 6.54 Å². The second-order valence-electron chi connectivity index (χ2n) is 4.16. The first-order valence-corrected chi connectivity index (χ1v) is 5.51. The van der Waals surface area contributed by atoms with E-state index in [1.165, 1.54) is 7.11 Å². The molecule has 0 spiro atoms. The summed E-state index contributed by atoms with van der Waals surface area (Å²) in [5, 5.41) is 0. The minimum atomic E-state index is -0.481. The van der Waals surface area contributed by atoms with E-state index in [0.29, 0.717) is 12.3 Å². The van der Waals surface area contributed by atoms with Gasteiger partial charge in [0.15, 0.2) is 5.96 Å². The molecule has 0 aliphatic carbocycles. The van der Waals surface area contributed by atoms with Crippen molar-refractivity contribution in [1.82, 2.24) is 9.80 Å². The number of aliphatic imine (C=N–C) groups is 1. The molecule has 100 valence electrons. The average molecular weight is 253 g/mol. The van der Waals surface area contributed by atoms with Crippen LogP contribution in [0, 0.1) is 0 Å². The predicted octanol–water partition coefficient (Wildman–Crippen LogP) is 1.05. The molecule has 0 unspecified atom stereocenters. The van der Waals surface area contributed by atoms with Gasteiger partial charge in [0.25, 0.3) is 0 Å². The molecule has 0 N–H and O–H groups in total. The number of esters is 1. The topological polar surface area (TPSA) is 58.3 Å². The Hall–Kier alpha value is -1.98. The maximum Gasteiger partial charge on any atom is 0.373 e. The zero-order valence-electron chi connectivity index (χ0n) is 11.4. The summed E-state index contributed by atoms with van der Waals surface area (Å²) in [6.45, 7) is 0.378. The van der Waals surface area contributed by atoms with Gasteiger partial charge < -0.3 is 19.0 Å². The van der Waals surface area contributed by atoms with Crippen molar-refractivity contribution in [3.8, 4) is 0 Å². The number of carbonyl (C=O) groups excluding carboxylic acids is 1. The van der Waals surface area contributed by atoms with Crippen molar-refractivity contribution in [2.24, 2.45) is 4.99 Å². The molecule has 1 aromatic rings. The van der Waals surface area contributed by atoms with Crippen LogP contribution in [0.2, 0.25) is 0 Å². The van der Waals surface area contributed by atoms with Gasteiger partial charge in [-0.3, -0.25) is 0 Å². The lowest BCUT2D eigenvalue weighted by Crippen LogP contribution is -2.35. The standard InChI is InChI=1S/C12H19N3O3/c1-14(2)12(15(3)4)13-8-9-6-7-10(18-9)11(16)17-5/h6-7H,8H2,1-5H3. The van der Waals surface area contributed by atoms with Crippen molar-refractivity contribution in [3.05, 3.63) is 23.7 Å². The van der Waals surface area contributed by atoms with Crippen LogP contribution in [-0.2, 0) is 11.3 Å². The van der Waals surface area contributed by atoms with Gasteiger partial charge in [0.2, 0.25) is 5.76 Å². The molecule has 0 aliphatic rings. The molecule has 0 aliphatic heterocycles. The first-order chi connectivity index (χ1) is 8.45. The van der Waals surface area contributed by atoms with Crippen LogP contribution in [-0.4, -0.2) is 57.0 Å². The Balaban J connectivity index is 2.76. The number of hydrogen-bond donors (Lipinski definition) is 0. The van der Waals surface area contributed by atoms with Gasteiger partial charge in [-0.1, -0.05) is 0 Å². The van der Waals surface area contributed by atoms with Crippen molar-refractivity contribution in [1.29, 1.82) is 0 Å². The highest BCUT2D eigenvalue weighted by atomic mass is 16.5. The van der Waals surface area contributed by atoms with Crippen LogP contribution in [0.3, 0.4) is 0 Å². The van der Waals surface area contributed by atoms with Gasteiger partial charge in [-0.15, -0.1) is 0 Å². The Bertz CT molecular complexity index is 426. The number of rotatable bonds is 3. The fraction of sp³-hybridized carbons (Fsp3) is 0.500. The zero-order valence-corrected chi connectivity index (χ0v) is 11.4. The molecule has 0 bridgehead atoms. The molecule has 0 atom stereocenters. The number of carbonyl (C=O) groups is 1. The molecule has 1 aromatic heterocycles. The third-order valence-corrected chi connectivity index (χ3v) is 2.22. The van der Waals surface area contributed by atoms with Crippen LogP contribution in [0.1, 0.15) is 16.3 Å². The Kier molecular flexibility index (Phi) is 4.76. The van der Waals surface area contributed by atoms with Gasteiger partial charge in [-0.05, 0) is 12.1 Å². The van der Waals surface area contributed by atoms with E-state index in [-0.39, 0.29) is 5.76 Å². The highest BCUT2D eigenvalue weighted by Gasteiger charge is 2.11. The van der Waals surface area contributed by atoms with E-state index in [2.05, 4.69) is 9.73 Å². The molecule has 0 amide bonds.